The van der Waals surface area contributed by atoms with Gasteiger partial charge in [-0.25, -0.2) is 4.98 Å². The fourth-order valence-corrected chi connectivity index (χ4v) is 8.00. The van der Waals surface area contributed by atoms with Crippen molar-refractivity contribution < 1.29 is 16.2 Å². The molecule has 5 nitrogen and oxygen atoms in total. The maximum Gasteiger partial charge on any atom is 0.269 e. The van der Waals surface area contributed by atoms with E-state index in [0.29, 0.717) is 22.7 Å². The molecule has 0 spiro atoms. The predicted molar refractivity (Wildman–Crippen MR) is 244 cm³/mol. The Kier molecular flexibility index (Phi) is 7.78. The lowest BCUT2D eigenvalue weighted by Crippen LogP contribution is -2.35. The van der Waals surface area contributed by atoms with Crippen molar-refractivity contribution >= 4 is 32.8 Å². The number of para-hydroxylation sites is 2. The van der Waals surface area contributed by atoms with E-state index in [4.69, 9.17) is 16.6 Å². The maximum atomic E-state index is 9.04. The molecule has 0 aliphatic carbocycles. The van der Waals surface area contributed by atoms with Gasteiger partial charge in [-0.15, -0.1) is 0 Å². The van der Waals surface area contributed by atoms with Gasteiger partial charge in [0.1, 0.15) is 17.3 Å². The number of hydrogen-bond acceptors (Lipinski definition) is 2. The summed E-state index contributed by atoms with van der Waals surface area (Å²) in [5.41, 5.74) is 8.57. The summed E-state index contributed by atoms with van der Waals surface area (Å²) >= 11 is 0. The molecule has 0 radical (unpaired) electrons. The molecular formula is C54H52N4O. The molecule has 5 heteroatoms. The fourth-order valence-electron chi connectivity index (χ4n) is 8.00. The van der Waals surface area contributed by atoms with Crippen LogP contribution >= 0.6 is 0 Å². The van der Waals surface area contributed by atoms with Crippen LogP contribution in [-0.4, -0.2) is 14.1 Å². The van der Waals surface area contributed by atoms with E-state index in [1.54, 1.807) is 0 Å². The Balaban J connectivity index is 1.22. The van der Waals surface area contributed by atoms with Gasteiger partial charge in [0, 0.05) is 23.0 Å². The van der Waals surface area contributed by atoms with E-state index in [1.807, 2.05) is 63.9 Å². The standard InChI is InChI=1S/C54H52N4O/c1-52(2,3)37-25-28-47-49(31-37)57(51-42(36-17-11-10-12-18-36)22-16-23-45(51)54(7,8)9)35-56(47)39-19-15-20-40(33-39)59-41-26-27-44-43-21-13-14-24-46(43)58(48(44)34-41)50-32-38(29-30-55-50)53(4,5)6/h10-34H,1-9H3/i10D,11D,12D,17D,18D. The second kappa shape index (κ2) is 14.1. The topological polar surface area (TPSA) is 35.9 Å². The first-order chi connectivity index (χ1) is 30.2. The monoisotopic (exact) mass is 777 g/mol. The van der Waals surface area contributed by atoms with Crippen LogP contribution in [0.15, 0.2) is 152 Å². The summed E-state index contributed by atoms with van der Waals surface area (Å²) in [6.07, 6.45) is 5.57. The molecule has 0 atom stereocenters. The molecule has 0 amide bonds. The van der Waals surface area contributed by atoms with Gasteiger partial charge in [-0.2, -0.15) is 0 Å². The van der Waals surface area contributed by atoms with Crippen molar-refractivity contribution in [2.75, 3.05) is 0 Å². The highest BCUT2D eigenvalue weighted by Crippen LogP contribution is 2.38. The van der Waals surface area contributed by atoms with Crippen LogP contribution in [-0.2, 0) is 16.2 Å². The van der Waals surface area contributed by atoms with Crippen molar-refractivity contribution in [3.63, 3.8) is 0 Å². The minimum Gasteiger partial charge on any atom is -0.458 e. The van der Waals surface area contributed by atoms with Crippen molar-refractivity contribution in [3.05, 3.63) is 175 Å². The molecule has 0 N–H and O–H groups in total. The van der Waals surface area contributed by atoms with Gasteiger partial charge in [-0.1, -0.05) is 147 Å². The second-order valence-electron chi connectivity index (χ2n) is 18.5. The molecule has 0 saturated carbocycles. The number of benzene rings is 6. The van der Waals surface area contributed by atoms with E-state index in [-0.39, 0.29) is 40.6 Å². The van der Waals surface area contributed by atoms with Gasteiger partial charge in [-0.05, 0) is 98.7 Å². The van der Waals surface area contributed by atoms with E-state index in [9.17, 15) is 0 Å². The molecule has 0 fully saturated rings. The summed E-state index contributed by atoms with van der Waals surface area (Å²) < 4.78 is 56.5. The summed E-state index contributed by atoms with van der Waals surface area (Å²) in [4.78, 5) is 4.85. The number of nitrogens with zero attached hydrogens (tertiary/aromatic N) is 4. The van der Waals surface area contributed by atoms with Crippen molar-refractivity contribution in [2.45, 2.75) is 78.6 Å². The zero-order valence-electron chi connectivity index (χ0n) is 40.2. The van der Waals surface area contributed by atoms with Gasteiger partial charge in [0.2, 0.25) is 0 Å². The molecule has 9 rings (SSSR count). The number of ether oxygens (including phenoxy) is 1. The van der Waals surface area contributed by atoms with Gasteiger partial charge >= 0.3 is 0 Å². The largest absolute Gasteiger partial charge is 0.458 e. The van der Waals surface area contributed by atoms with Crippen LogP contribution in [0.1, 0.15) is 85.9 Å². The molecule has 0 bridgehead atoms. The van der Waals surface area contributed by atoms with Crippen LogP contribution in [0.3, 0.4) is 0 Å². The van der Waals surface area contributed by atoms with Crippen LogP contribution in [0.2, 0.25) is 0 Å². The third kappa shape index (κ3) is 6.99. The first-order valence-electron chi connectivity index (χ1n) is 22.7. The molecule has 9 aromatic rings. The smallest absolute Gasteiger partial charge is 0.269 e. The lowest BCUT2D eigenvalue weighted by Gasteiger charge is -2.26. The van der Waals surface area contributed by atoms with E-state index >= 15 is 0 Å². The minimum atomic E-state index is -0.426. The molecule has 0 aliphatic heterocycles. The average molecular weight is 778 g/mol. The van der Waals surface area contributed by atoms with E-state index in [2.05, 4.69) is 140 Å². The molecule has 59 heavy (non-hydrogen) atoms. The SMILES string of the molecule is [2H]c1c([2H])c([2H])c(-c2cccc(C(C)(C)C)c2-[n+]2[c-]n(-c3cccc(Oc4ccc5c6ccccc6n(-c6cc(C(C)(C)C)ccn6)c5c4)c3)c3ccc(C(C)(C)C)cc32)c([2H])c1[2H]. The lowest BCUT2D eigenvalue weighted by molar-refractivity contribution is -0.572. The Morgan fingerprint density at radius 2 is 1.32 bits per heavy atom. The van der Waals surface area contributed by atoms with Crippen molar-refractivity contribution in [2.24, 2.45) is 0 Å². The highest BCUT2D eigenvalue weighted by Gasteiger charge is 2.26. The Morgan fingerprint density at radius 1 is 0.610 bits per heavy atom. The highest BCUT2D eigenvalue weighted by atomic mass is 16.5. The summed E-state index contributed by atoms with van der Waals surface area (Å²) in [5.74, 6) is 2.16. The minimum absolute atomic E-state index is 0.0467. The number of fused-ring (bicyclic) bond motifs is 4. The van der Waals surface area contributed by atoms with Crippen LogP contribution in [0, 0.1) is 6.33 Å². The summed E-state index contributed by atoms with van der Waals surface area (Å²) in [6, 6.07) is 37.3. The second-order valence-corrected chi connectivity index (χ2v) is 18.5. The third-order valence-electron chi connectivity index (χ3n) is 11.2. The lowest BCUT2D eigenvalue weighted by atomic mass is 9.83. The van der Waals surface area contributed by atoms with Crippen LogP contribution in [0.5, 0.6) is 11.5 Å². The van der Waals surface area contributed by atoms with E-state index in [0.717, 1.165) is 55.5 Å². The van der Waals surface area contributed by atoms with Gasteiger partial charge < -0.3 is 4.74 Å². The zero-order chi connectivity index (χ0) is 45.6. The number of pyridine rings is 1. The van der Waals surface area contributed by atoms with Crippen molar-refractivity contribution in [1.82, 2.24) is 14.1 Å². The molecule has 294 valence electrons. The first-order valence-corrected chi connectivity index (χ1v) is 20.2. The molecule has 0 aliphatic rings. The van der Waals surface area contributed by atoms with Crippen molar-refractivity contribution in [1.29, 1.82) is 0 Å². The summed E-state index contributed by atoms with van der Waals surface area (Å²) in [6.45, 7) is 19.5. The number of rotatable bonds is 6. The van der Waals surface area contributed by atoms with Crippen LogP contribution in [0.25, 0.3) is 61.2 Å². The third-order valence-corrected chi connectivity index (χ3v) is 11.2. The van der Waals surface area contributed by atoms with Gasteiger partial charge in [-0.3, -0.25) is 13.7 Å². The number of aromatic nitrogens is 4. The summed E-state index contributed by atoms with van der Waals surface area (Å²) in [5, 5.41) is 2.24. The van der Waals surface area contributed by atoms with Gasteiger partial charge in [0.05, 0.1) is 40.3 Å². The fraction of sp³-hybridized carbons (Fsp3) is 0.222. The molecule has 0 unspecified atom stereocenters. The Bertz CT molecular complexity index is 3300. The van der Waals surface area contributed by atoms with Gasteiger partial charge in [0.15, 0.2) is 0 Å². The Morgan fingerprint density at radius 3 is 2.08 bits per heavy atom. The van der Waals surface area contributed by atoms with Crippen molar-refractivity contribution in [3.8, 4) is 39.8 Å². The Labute approximate surface area is 355 Å². The highest BCUT2D eigenvalue weighted by molar-refractivity contribution is 6.09. The van der Waals surface area contributed by atoms with Crippen LogP contribution < -0.4 is 9.30 Å². The number of imidazole rings is 1. The maximum absolute atomic E-state index is 9.04. The number of hydrogen-bond donors (Lipinski definition) is 0. The van der Waals surface area contributed by atoms with Gasteiger partial charge in [0.25, 0.3) is 6.33 Å². The summed E-state index contributed by atoms with van der Waals surface area (Å²) in [7, 11) is 0. The zero-order valence-corrected chi connectivity index (χ0v) is 35.2. The molecule has 0 saturated heterocycles. The first kappa shape index (κ1) is 32.5. The molecule has 3 heterocycles. The average Bonchev–Trinajstić information content (AvgIpc) is 3.80. The Hall–Kier alpha value is -6.46. The quantitative estimate of drug-likeness (QED) is 0.125. The normalized spacial score (nSPS) is 13.7. The van der Waals surface area contributed by atoms with E-state index < -0.39 is 11.5 Å². The molecular weight excluding hydrogens is 721 g/mol. The van der Waals surface area contributed by atoms with Crippen LogP contribution in [0.4, 0.5) is 0 Å². The molecule has 6 aromatic carbocycles. The predicted octanol–water partition coefficient (Wildman–Crippen LogP) is 13.6. The van der Waals surface area contributed by atoms with E-state index in [1.165, 1.54) is 5.56 Å². The molecule has 3 aromatic heterocycles.